The van der Waals surface area contributed by atoms with Gasteiger partial charge in [0, 0.05) is 16.9 Å². The summed E-state index contributed by atoms with van der Waals surface area (Å²) in [5.41, 5.74) is 3.80. The summed E-state index contributed by atoms with van der Waals surface area (Å²) in [6, 6.07) is 11.0. The maximum absolute atomic E-state index is 4.23. The molecule has 3 heteroatoms. The maximum atomic E-state index is 4.23. The van der Waals surface area contributed by atoms with Gasteiger partial charge in [0.05, 0.1) is 6.04 Å². The lowest BCUT2D eigenvalue weighted by atomic mass is 9.98. The highest BCUT2D eigenvalue weighted by atomic mass is 79.9. The first-order valence-electron chi connectivity index (χ1n) is 6.11. The highest BCUT2D eigenvalue weighted by Crippen LogP contribution is 2.24. The number of hydrogen-bond acceptors (Lipinski definition) is 2. The zero-order valence-electron chi connectivity index (χ0n) is 10.7. The number of pyridine rings is 1. The predicted octanol–water partition coefficient (Wildman–Crippen LogP) is 3.72. The molecule has 0 amide bonds. The zero-order chi connectivity index (χ0) is 13.0. The summed E-state index contributed by atoms with van der Waals surface area (Å²) in [6.07, 6.45) is 4.77. The van der Waals surface area contributed by atoms with E-state index in [9.17, 15) is 0 Å². The van der Waals surface area contributed by atoms with Gasteiger partial charge in [0.25, 0.3) is 0 Å². The van der Waals surface area contributed by atoms with Crippen LogP contribution in [0.2, 0.25) is 0 Å². The number of rotatable bonds is 4. The lowest BCUT2D eigenvalue weighted by Crippen LogP contribution is -2.18. The fourth-order valence-electron chi connectivity index (χ4n) is 2.10. The smallest absolute Gasteiger partial charge is 0.0590 e. The Morgan fingerprint density at radius 1 is 1.22 bits per heavy atom. The summed E-state index contributed by atoms with van der Waals surface area (Å²) in [4.78, 5) is 4.23. The molecule has 1 aromatic heterocycles. The molecule has 1 N–H and O–H groups in total. The van der Waals surface area contributed by atoms with Gasteiger partial charge in [0.2, 0.25) is 0 Å². The molecule has 0 bridgehead atoms. The molecule has 0 radical (unpaired) electrons. The van der Waals surface area contributed by atoms with Gasteiger partial charge in [-0.3, -0.25) is 4.98 Å². The van der Waals surface area contributed by atoms with E-state index in [4.69, 9.17) is 0 Å². The molecule has 1 heterocycles. The highest BCUT2D eigenvalue weighted by Gasteiger charge is 2.12. The van der Waals surface area contributed by atoms with Gasteiger partial charge in [-0.2, -0.15) is 0 Å². The van der Waals surface area contributed by atoms with E-state index in [1.807, 2.05) is 13.2 Å². The normalized spacial score (nSPS) is 12.4. The monoisotopic (exact) mass is 304 g/mol. The van der Waals surface area contributed by atoms with Crippen LogP contribution in [0.1, 0.15) is 29.7 Å². The first-order valence-corrected chi connectivity index (χ1v) is 6.90. The number of aryl methyl sites for hydroxylation is 1. The van der Waals surface area contributed by atoms with E-state index in [1.165, 1.54) is 16.7 Å². The summed E-state index contributed by atoms with van der Waals surface area (Å²) in [5.74, 6) is 0. The summed E-state index contributed by atoms with van der Waals surface area (Å²) in [6.45, 7) is 2.17. The maximum Gasteiger partial charge on any atom is 0.0590 e. The summed E-state index contributed by atoms with van der Waals surface area (Å²) >= 11 is 3.47. The molecule has 94 valence electrons. The Bertz CT molecular complexity index is 525. The number of nitrogens with zero attached hydrogens (tertiary/aromatic N) is 1. The number of halogens is 1. The van der Waals surface area contributed by atoms with Crippen LogP contribution in [0.3, 0.4) is 0 Å². The van der Waals surface area contributed by atoms with Crippen molar-refractivity contribution in [1.82, 2.24) is 10.3 Å². The third kappa shape index (κ3) is 2.98. The van der Waals surface area contributed by atoms with Crippen LogP contribution in [0.15, 0.2) is 47.2 Å². The molecule has 0 fully saturated rings. The van der Waals surface area contributed by atoms with E-state index in [2.05, 4.69) is 63.5 Å². The largest absolute Gasteiger partial charge is 0.309 e. The molecule has 2 nitrogen and oxygen atoms in total. The molecule has 0 aliphatic rings. The summed E-state index contributed by atoms with van der Waals surface area (Å²) in [7, 11) is 1.98. The molecule has 0 spiro atoms. The van der Waals surface area contributed by atoms with Crippen molar-refractivity contribution in [1.29, 1.82) is 0 Å². The fraction of sp³-hybridized carbons (Fsp3) is 0.267. The standard InChI is InChI=1S/C15H17BrN2/c1-3-11-5-4-6-12(7-11)15(17-2)13-8-14(16)10-18-9-13/h4-10,15,17H,3H2,1-2H3. The van der Waals surface area contributed by atoms with Gasteiger partial charge in [0.15, 0.2) is 0 Å². The van der Waals surface area contributed by atoms with Crippen molar-refractivity contribution in [2.45, 2.75) is 19.4 Å². The number of hydrogen-bond donors (Lipinski definition) is 1. The summed E-state index contributed by atoms with van der Waals surface area (Å²) in [5, 5.41) is 3.35. The zero-order valence-corrected chi connectivity index (χ0v) is 12.2. The molecule has 0 aliphatic heterocycles. The van der Waals surface area contributed by atoms with Gasteiger partial charge >= 0.3 is 0 Å². The lowest BCUT2D eigenvalue weighted by Gasteiger charge is -2.17. The predicted molar refractivity (Wildman–Crippen MR) is 78.7 cm³/mol. The van der Waals surface area contributed by atoms with Crippen molar-refractivity contribution in [2.24, 2.45) is 0 Å². The van der Waals surface area contributed by atoms with Gasteiger partial charge in [-0.25, -0.2) is 0 Å². The molecule has 2 aromatic rings. The molecule has 1 atom stereocenters. The van der Waals surface area contributed by atoms with E-state index in [1.54, 1.807) is 6.20 Å². The Hall–Kier alpha value is -1.19. The van der Waals surface area contributed by atoms with Crippen molar-refractivity contribution in [3.05, 3.63) is 63.9 Å². The number of nitrogens with one attached hydrogen (secondary N) is 1. The number of benzene rings is 1. The van der Waals surface area contributed by atoms with E-state index in [0.717, 1.165) is 10.9 Å². The molecular formula is C15H17BrN2. The van der Waals surface area contributed by atoms with Crippen LogP contribution in [0, 0.1) is 0 Å². The second-order valence-corrected chi connectivity index (χ2v) is 5.17. The van der Waals surface area contributed by atoms with Crippen LogP contribution >= 0.6 is 15.9 Å². The molecule has 0 saturated carbocycles. The Morgan fingerprint density at radius 2 is 2.06 bits per heavy atom. The average Bonchev–Trinajstić information content (AvgIpc) is 2.40. The van der Waals surface area contributed by atoms with E-state index in [0.29, 0.717) is 0 Å². The molecule has 1 unspecified atom stereocenters. The van der Waals surface area contributed by atoms with E-state index >= 15 is 0 Å². The first-order chi connectivity index (χ1) is 8.74. The van der Waals surface area contributed by atoms with Gasteiger partial charge in [-0.05, 0) is 52.2 Å². The quantitative estimate of drug-likeness (QED) is 0.931. The van der Waals surface area contributed by atoms with Crippen LogP contribution < -0.4 is 5.32 Å². The number of aromatic nitrogens is 1. The van der Waals surface area contributed by atoms with Gasteiger partial charge in [-0.1, -0.05) is 31.2 Å². The third-order valence-corrected chi connectivity index (χ3v) is 3.47. The van der Waals surface area contributed by atoms with Gasteiger partial charge in [0.1, 0.15) is 0 Å². The van der Waals surface area contributed by atoms with Crippen LogP contribution in [0.4, 0.5) is 0 Å². The van der Waals surface area contributed by atoms with Crippen molar-refractivity contribution >= 4 is 15.9 Å². The second-order valence-electron chi connectivity index (χ2n) is 4.26. The van der Waals surface area contributed by atoms with Gasteiger partial charge in [-0.15, -0.1) is 0 Å². The van der Waals surface area contributed by atoms with Crippen molar-refractivity contribution in [2.75, 3.05) is 7.05 Å². The Morgan fingerprint density at radius 3 is 2.72 bits per heavy atom. The van der Waals surface area contributed by atoms with E-state index in [-0.39, 0.29) is 6.04 Å². The lowest BCUT2D eigenvalue weighted by molar-refractivity contribution is 0.687. The molecule has 0 saturated heterocycles. The average molecular weight is 305 g/mol. The minimum Gasteiger partial charge on any atom is -0.309 e. The Balaban J connectivity index is 2.38. The van der Waals surface area contributed by atoms with Crippen LogP contribution in [-0.4, -0.2) is 12.0 Å². The third-order valence-electron chi connectivity index (χ3n) is 3.04. The van der Waals surface area contributed by atoms with Crippen molar-refractivity contribution in [3.8, 4) is 0 Å². The first kappa shape index (κ1) is 13.2. The fourth-order valence-corrected chi connectivity index (χ4v) is 2.49. The molecule has 1 aromatic carbocycles. The molecule has 2 rings (SSSR count). The molecule has 18 heavy (non-hydrogen) atoms. The molecular weight excluding hydrogens is 288 g/mol. The highest BCUT2D eigenvalue weighted by molar-refractivity contribution is 9.10. The minimum absolute atomic E-state index is 0.182. The van der Waals surface area contributed by atoms with Crippen LogP contribution in [0.5, 0.6) is 0 Å². The van der Waals surface area contributed by atoms with Gasteiger partial charge < -0.3 is 5.32 Å². The molecule has 0 aliphatic carbocycles. The van der Waals surface area contributed by atoms with Crippen molar-refractivity contribution in [3.63, 3.8) is 0 Å². The van der Waals surface area contributed by atoms with Crippen molar-refractivity contribution < 1.29 is 0 Å². The minimum atomic E-state index is 0.182. The van der Waals surface area contributed by atoms with Crippen LogP contribution in [-0.2, 0) is 6.42 Å². The Kier molecular flexibility index (Phi) is 4.50. The topological polar surface area (TPSA) is 24.9 Å². The Labute approximate surface area is 117 Å². The second kappa shape index (κ2) is 6.12. The SMILES string of the molecule is CCc1cccc(C(NC)c2cncc(Br)c2)c1. The van der Waals surface area contributed by atoms with Crippen LogP contribution in [0.25, 0.3) is 0 Å². The summed E-state index contributed by atoms with van der Waals surface area (Å²) < 4.78 is 1.01. The van der Waals surface area contributed by atoms with E-state index < -0.39 is 0 Å².